The number of rotatable bonds is 6. The minimum absolute atomic E-state index is 0.196. The third kappa shape index (κ3) is 5.52. The monoisotopic (exact) mass is 422 g/mol. The molecule has 2 aromatic rings. The Hall–Kier alpha value is -1.96. The van der Waals surface area contributed by atoms with E-state index in [1.54, 1.807) is 25.1 Å². The first-order valence-electron chi connectivity index (χ1n) is 7.67. The molecule has 2 rings (SSSR count). The second kappa shape index (κ2) is 8.42. The van der Waals surface area contributed by atoms with Gasteiger partial charge in [0.25, 0.3) is 0 Å². The molecule has 0 fully saturated rings. The van der Waals surface area contributed by atoms with Gasteiger partial charge in [0.15, 0.2) is 0 Å². The molecule has 0 atom stereocenters. The van der Waals surface area contributed by atoms with Crippen molar-refractivity contribution >= 4 is 43.6 Å². The molecule has 0 spiro atoms. The standard InChI is InChI=1S/C18H19BrN2O3S/c1-3-20-25(23,24)16-8-4-14(5-9-16)6-11-18(22)21-17-10-7-15(19)12-13(17)2/h4-12,20H,3H2,1-2H3,(H,21,22)/b11-6+. The molecule has 2 aromatic carbocycles. The number of anilines is 1. The van der Waals surface area contributed by atoms with Crippen LogP contribution in [0, 0.1) is 6.92 Å². The first kappa shape index (κ1) is 19.4. The summed E-state index contributed by atoms with van der Waals surface area (Å²) in [6, 6.07) is 11.9. The molecule has 0 heterocycles. The van der Waals surface area contributed by atoms with E-state index >= 15 is 0 Å². The quantitative estimate of drug-likeness (QED) is 0.696. The van der Waals surface area contributed by atoms with Crippen molar-refractivity contribution in [1.29, 1.82) is 0 Å². The third-order valence-corrected chi connectivity index (χ3v) is 5.45. The van der Waals surface area contributed by atoms with Gasteiger partial charge in [-0.25, -0.2) is 13.1 Å². The molecular weight excluding hydrogens is 404 g/mol. The van der Waals surface area contributed by atoms with Gasteiger partial charge in [-0.15, -0.1) is 0 Å². The maximum Gasteiger partial charge on any atom is 0.248 e. The number of hydrogen-bond donors (Lipinski definition) is 2. The van der Waals surface area contributed by atoms with E-state index in [1.165, 1.54) is 18.2 Å². The Bertz CT molecular complexity index is 891. The van der Waals surface area contributed by atoms with Gasteiger partial charge >= 0.3 is 0 Å². The number of halogens is 1. The van der Waals surface area contributed by atoms with Crippen LogP contribution in [0.25, 0.3) is 6.08 Å². The molecule has 0 aliphatic carbocycles. The summed E-state index contributed by atoms with van der Waals surface area (Å²) in [6.07, 6.45) is 3.04. The largest absolute Gasteiger partial charge is 0.322 e. The summed E-state index contributed by atoms with van der Waals surface area (Å²) < 4.78 is 27.1. The predicted molar refractivity (Wildman–Crippen MR) is 104 cm³/mol. The number of carbonyl (C=O) groups is 1. The molecule has 0 saturated carbocycles. The molecule has 7 heteroatoms. The first-order chi connectivity index (χ1) is 11.8. The van der Waals surface area contributed by atoms with Crippen molar-refractivity contribution in [3.63, 3.8) is 0 Å². The maximum absolute atomic E-state index is 12.0. The van der Waals surface area contributed by atoms with Crippen LogP contribution in [0.1, 0.15) is 18.1 Å². The van der Waals surface area contributed by atoms with Gasteiger partial charge in [0, 0.05) is 22.8 Å². The fourth-order valence-electron chi connectivity index (χ4n) is 2.15. The van der Waals surface area contributed by atoms with Crippen LogP contribution in [0.15, 0.2) is 57.9 Å². The number of hydrogen-bond acceptors (Lipinski definition) is 3. The molecular formula is C18H19BrN2O3S. The van der Waals surface area contributed by atoms with Crippen molar-refractivity contribution in [1.82, 2.24) is 4.72 Å². The van der Waals surface area contributed by atoms with Gasteiger partial charge in [0.05, 0.1) is 4.90 Å². The summed E-state index contributed by atoms with van der Waals surface area (Å²) in [5, 5.41) is 2.81. The van der Waals surface area contributed by atoms with Crippen LogP contribution in [0.2, 0.25) is 0 Å². The normalized spacial score (nSPS) is 11.6. The van der Waals surface area contributed by atoms with Gasteiger partial charge in [-0.05, 0) is 54.5 Å². The van der Waals surface area contributed by atoms with E-state index in [-0.39, 0.29) is 10.8 Å². The molecule has 0 bridgehead atoms. The van der Waals surface area contributed by atoms with E-state index in [0.717, 1.165) is 21.3 Å². The van der Waals surface area contributed by atoms with Gasteiger partial charge in [0.1, 0.15) is 0 Å². The number of amides is 1. The summed E-state index contributed by atoms with van der Waals surface area (Å²) in [4.78, 5) is 12.2. The SMILES string of the molecule is CCNS(=O)(=O)c1ccc(/C=C/C(=O)Nc2ccc(Br)cc2C)cc1. The zero-order valence-electron chi connectivity index (χ0n) is 13.9. The van der Waals surface area contributed by atoms with E-state index in [4.69, 9.17) is 0 Å². The van der Waals surface area contributed by atoms with Crippen molar-refractivity contribution in [3.05, 3.63) is 64.1 Å². The van der Waals surface area contributed by atoms with Crippen LogP contribution in [-0.2, 0) is 14.8 Å². The second-order valence-electron chi connectivity index (χ2n) is 5.35. The molecule has 0 aliphatic rings. The zero-order valence-corrected chi connectivity index (χ0v) is 16.3. The Morgan fingerprint density at radius 2 is 1.84 bits per heavy atom. The lowest BCUT2D eigenvalue weighted by Crippen LogP contribution is -2.22. The van der Waals surface area contributed by atoms with Crippen LogP contribution < -0.4 is 10.0 Å². The van der Waals surface area contributed by atoms with Crippen molar-refractivity contribution in [2.24, 2.45) is 0 Å². The van der Waals surface area contributed by atoms with Gasteiger partial charge in [-0.1, -0.05) is 35.0 Å². The van der Waals surface area contributed by atoms with E-state index in [2.05, 4.69) is 26.0 Å². The minimum atomic E-state index is -3.46. The van der Waals surface area contributed by atoms with Crippen LogP contribution in [0.4, 0.5) is 5.69 Å². The fraction of sp³-hybridized carbons (Fsp3) is 0.167. The molecule has 132 valence electrons. The smallest absolute Gasteiger partial charge is 0.248 e. The second-order valence-corrected chi connectivity index (χ2v) is 8.03. The predicted octanol–water partition coefficient (Wildman–Crippen LogP) is 3.71. The van der Waals surface area contributed by atoms with Crippen LogP contribution in [0.5, 0.6) is 0 Å². The van der Waals surface area contributed by atoms with E-state index < -0.39 is 10.0 Å². The summed E-state index contributed by atoms with van der Waals surface area (Å²) in [5.41, 5.74) is 2.43. The lowest BCUT2D eigenvalue weighted by Gasteiger charge is -2.06. The van der Waals surface area contributed by atoms with Crippen molar-refractivity contribution < 1.29 is 13.2 Å². The van der Waals surface area contributed by atoms with E-state index in [0.29, 0.717) is 6.54 Å². The molecule has 0 unspecified atom stereocenters. The van der Waals surface area contributed by atoms with Crippen molar-refractivity contribution in [2.75, 3.05) is 11.9 Å². The average Bonchev–Trinajstić information content (AvgIpc) is 2.56. The van der Waals surface area contributed by atoms with Gasteiger partial charge in [0.2, 0.25) is 15.9 Å². The van der Waals surface area contributed by atoms with Crippen molar-refractivity contribution in [3.8, 4) is 0 Å². The highest BCUT2D eigenvalue weighted by atomic mass is 79.9. The number of nitrogens with one attached hydrogen (secondary N) is 2. The van der Waals surface area contributed by atoms with Crippen LogP contribution >= 0.6 is 15.9 Å². The summed E-state index contributed by atoms with van der Waals surface area (Å²) in [6.45, 7) is 3.97. The van der Waals surface area contributed by atoms with Crippen molar-refractivity contribution in [2.45, 2.75) is 18.7 Å². The molecule has 0 saturated heterocycles. The zero-order chi connectivity index (χ0) is 18.4. The molecule has 1 amide bonds. The Labute approximate surface area is 156 Å². The highest BCUT2D eigenvalue weighted by Gasteiger charge is 2.11. The topological polar surface area (TPSA) is 75.3 Å². The third-order valence-electron chi connectivity index (χ3n) is 3.40. The van der Waals surface area contributed by atoms with Crippen LogP contribution in [-0.4, -0.2) is 20.9 Å². The Kier molecular flexibility index (Phi) is 6.52. The maximum atomic E-state index is 12.0. The molecule has 5 nitrogen and oxygen atoms in total. The highest BCUT2D eigenvalue weighted by Crippen LogP contribution is 2.20. The Balaban J connectivity index is 2.05. The number of benzene rings is 2. The molecule has 2 N–H and O–H groups in total. The number of sulfonamides is 1. The summed E-state index contributed by atoms with van der Waals surface area (Å²) >= 11 is 3.38. The number of aryl methyl sites for hydroxylation is 1. The van der Waals surface area contributed by atoms with Gasteiger partial charge in [-0.3, -0.25) is 4.79 Å². The lowest BCUT2D eigenvalue weighted by atomic mass is 10.2. The number of carbonyl (C=O) groups excluding carboxylic acids is 1. The summed E-state index contributed by atoms with van der Waals surface area (Å²) in [5.74, 6) is -0.255. The minimum Gasteiger partial charge on any atom is -0.322 e. The Morgan fingerprint density at radius 1 is 1.16 bits per heavy atom. The van der Waals surface area contributed by atoms with E-state index in [9.17, 15) is 13.2 Å². The van der Waals surface area contributed by atoms with Gasteiger partial charge < -0.3 is 5.32 Å². The highest BCUT2D eigenvalue weighted by molar-refractivity contribution is 9.10. The molecule has 0 radical (unpaired) electrons. The lowest BCUT2D eigenvalue weighted by molar-refractivity contribution is -0.111. The summed E-state index contributed by atoms with van der Waals surface area (Å²) in [7, 11) is -3.46. The van der Waals surface area contributed by atoms with Gasteiger partial charge in [-0.2, -0.15) is 0 Å². The fourth-order valence-corrected chi connectivity index (χ4v) is 3.66. The molecule has 0 aromatic heterocycles. The molecule has 0 aliphatic heterocycles. The van der Waals surface area contributed by atoms with E-state index in [1.807, 2.05) is 25.1 Å². The first-order valence-corrected chi connectivity index (χ1v) is 9.94. The molecule has 25 heavy (non-hydrogen) atoms. The van der Waals surface area contributed by atoms with Crippen LogP contribution in [0.3, 0.4) is 0 Å². The average molecular weight is 423 g/mol. The Morgan fingerprint density at radius 3 is 2.44 bits per heavy atom.